The Labute approximate surface area is 179 Å². The molecule has 1 saturated heterocycles. The second-order valence-corrected chi connectivity index (χ2v) is 8.09. The maximum Gasteiger partial charge on any atom is 0.150 e. The lowest BCUT2D eigenvalue weighted by atomic mass is 9.87. The Morgan fingerprint density at radius 1 is 1.31 bits per heavy atom. The Bertz CT molecular complexity index is 956. The molecule has 0 bridgehead atoms. The Balaban J connectivity index is 2.03. The monoisotopic (exact) mass is 436 g/mol. The van der Waals surface area contributed by atoms with Crippen LogP contribution in [0.2, 0.25) is 10.0 Å². The van der Waals surface area contributed by atoms with E-state index in [1.165, 1.54) is 12.1 Å². The van der Waals surface area contributed by atoms with Crippen molar-refractivity contribution in [2.45, 2.75) is 18.9 Å². The lowest BCUT2D eigenvalue weighted by Crippen LogP contribution is -2.39. The van der Waals surface area contributed by atoms with Gasteiger partial charge in [-0.2, -0.15) is 5.10 Å². The van der Waals surface area contributed by atoms with Crippen molar-refractivity contribution in [3.05, 3.63) is 62.9 Å². The molecule has 2 N–H and O–H groups in total. The van der Waals surface area contributed by atoms with Crippen LogP contribution in [0.1, 0.15) is 34.8 Å². The maximum absolute atomic E-state index is 14.8. The Morgan fingerprint density at radius 3 is 2.69 bits per heavy atom. The van der Waals surface area contributed by atoms with Crippen LogP contribution < -0.4 is 10.6 Å². The van der Waals surface area contributed by atoms with E-state index in [0.717, 1.165) is 17.6 Å². The number of carbonyl (C=O) groups excluding carboxylic acids is 1. The van der Waals surface area contributed by atoms with Gasteiger partial charge in [0.2, 0.25) is 0 Å². The molecule has 2 aromatic rings. The minimum absolute atomic E-state index is 0.198. The number of nitrogens with one attached hydrogen (secondary N) is 2. The van der Waals surface area contributed by atoms with E-state index in [-0.39, 0.29) is 5.02 Å². The summed E-state index contributed by atoms with van der Waals surface area (Å²) in [5.74, 6) is -0.420. The minimum Gasteiger partial charge on any atom is -0.374 e. The van der Waals surface area contributed by atoms with Crippen molar-refractivity contribution in [3.63, 3.8) is 0 Å². The molecule has 5 nitrogen and oxygen atoms in total. The van der Waals surface area contributed by atoms with Crippen molar-refractivity contribution in [1.29, 1.82) is 0 Å². The molecule has 1 atom stereocenters. The molecule has 0 spiro atoms. The molecule has 0 aliphatic carbocycles. The van der Waals surface area contributed by atoms with Crippen LogP contribution in [0.25, 0.3) is 0 Å². The maximum atomic E-state index is 14.8. The molecule has 1 unspecified atom stereocenters. The second-order valence-electron chi connectivity index (χ2n) is 7.30. The van der Waals surface area contributed by atoms with E-state index in [1.54, 1.807) is 11.1 Å². The molecule has 0 radical (unpaired) electrons. The van der Waals surface area contributed by atoms with Crippen molar-refractivity contribution in [3.8, 4) is 0 Å². The molecule has 3 rings (SSSR count). The zero-order chi connectivity index (χ0) is 21.2. The molecule has 8 heteroatoms. The first-order chi connectivity index (χ1) is 13.8. The van der Waals surface area contributed by atoms with Gasteiger partial charge in [-0.1, -0.05) is 29.3 Å². The molecular formula is C21H23Cl2FN4O. The smallest absolute Gasteiger partial charge is 0.150 e. The summed E-state index contributed by atoms with van der Waals surface area (Å²) < 4.78 is 14.8. The quantitative estimate of drug-likeness (QED) is 0.302. The Morgan fingerprint density at radius 2 is 2.07 bits per heavy atom. The average molecular weight is 437 g/mol. The van der Waals surface area contributed by atoms with Gasteiger partial charge in [0.05, 0.1) is 21.3 Å². The average Bonchev–Trinajstić information content (AvgIpc) is 3.13. The van der Waals surface area contributed by atoms with Crippen LogP contribution in [-0.4, -0.2) is 44.2 Å². The highest BCUT2D eigenvalue weighted by Crippen LogP contribution is 2.41. The third kappa shape index (κ3) is 4.39. The van der Waals surface area contributed by atoms with Crippen LogP contribution in [0.3, 0.4) is 0 Å². The van der Waals surface area contributed by atoms with Crippen LogP contribution in [0.5, 0.6) is 0 Å². The van der Waals surface area contributed by atoms with Crippen molar-refractivity contribution in [2.24, 2.45) is 5.10 Å². The highest BCUT2D eigenvalue weighted by molar-refractivity contribution is 6.42. The Hall–Kier alpha value is -2.15. The summed E-state index contributed by atoms with van der Waals surface area (Å²) in [5.41, 5.74) is 2.21. The van der Waals surface area contributed by atoms with Gasteiger partial charge in [0.15, 0.2) is 6.29 Å². The molecule has 0 saturated carbocycles. The van der Waals surface area contributed by atoms with E-state index in [0.29, 0.717) is 41.3 Å². The van der Waals surface area contributed by atoms with Gasteiger partial charge < -0.3 is 15.6 Å². The third-order valence-electron chi connectivity index (χ3n) is 4.98. The number of hydrogen-bond donors (Lipinski definition) is 2. The molecule has 2 aromatic carbocycles. The van der Waals surface area contributed by atoms with Gasteiger partial charge in [-0.05, 0) is 44.2 Å². The molecule has 1 aliphatic rings. The normalized spacial score (nSPS) is 19.3. The number of rotatable bonds is 6. The number of aldehydes is 1. The molecule has 154 valence electrons. The SMILES string of the molecule is C/C(=N/N(C)C)c1ccc(NC2(c3c(F)ccc(Cl)c3Cl)CCNC2)cc1C=O. The van der Waals surface area contributed by atoms with Gasteiger partial charge in [0, 0.05) is 43.0 Å². The second kappa shape index (κ2) is 8.69. The highest BCUT2D eigenvalue weighted by atomic mass is 35.5. The van der Waals surface area contributed by atoms with Crippen LogP contribution in [0.15, 0.2) is 35.4 Å². The molecule has 1 fully saturated rings. The largest absolute Gasteiger partial charge is 0.374 e. The standard InChI is InChI=1S/C21H23Cl2FN4O/c1-13(27-28(2)3)16-5-4-15(10-14(16)11-29)26-21(8-9-25-12-21)19-18(24)7-6-17(22)20(19)23/h4-7,10-11,25-26H,8-9,12H2,1-3H3/b27-13-. The topological polar surface area (TPSA) is 56.7 Å². The zero-order valence-corrected chi connectivity index (χ0v) is 18.0. The highest BCUT2D eigenvalue weighted by Gasteiger charge is 2.40. The van der Waals surface area contributed by atoms with Crippen molar-refractivity contribution in [2.75, 3.05) is 32.5 Å². The molecule has 1 heterocycles. The first-order valence-electron chi connectivity index (χ1n) is 9.22. The first-order valence-corrected chi connectivity index (χ1v) is 9.98. The fourth-order valence-corrected chi connectivity index (χ4v) is 4.23. The summed E-state index contributed by atoms with van der Waals surface area (Å²) in [5, 5.41) is 13.2. The minimum atomic E-state index is -0.777. The van der Waals surface area contributed by atoms with E-state index >= 15 is 0 Å². The van der Waals surface area contributed by atoms with Gasteiger partial charge in [-0.15, -0.1) is 0 Å². The molecule has 1 aliphatic heterocycles. The van der Waals surface area contributed by atoms with E-state index in [2.05, 4.69) is 15.7 Å². The van der Waals surface area contributed by atoms with E-state index in [1.807, 2.05) is 33.2 Å². The molecule has 29 heavy (non-hydrogen) atoms. The number of hydrazone groups is 1. The van der Waals surface area contributed by atoms with Crippen molar-refractivity contribution >= 4 is 40.9 Å². The summed E-state index contributed by atoms with van der Waals surface area (Å²) in [4.78, 5) is 11.7. The predicted octanol–water partition coefficient (Wildman–Crippen LogP) is 4.53. The van der Waals surface area contributed by atoms with Crippen LogP contribution in [0.4, 0.5) is 10.1 Å². The summed E-state index contributed by atoms with van der Waals surface area (Å²) in [6.45, 7) is 3.02. The lowest BCUT2D eigenvalue weighted by molar-refractivity contribution is 0.112. The fourth-order valence-electron chi connectivity index (χ4n) is 3.74. The van der Waals surface area contributed by atoms with Crippen LogP contribution >= 0.6 is 23.2 Å². The van der Waals surface area contributed by atoms with Crippen molar-refractivity contribution in [1.82, 2.24) is 10.3 Å². The van der Waals surface area contributed by atoms with Crippen LogP contribution in [-0.2, 0) is 5.54 Å². The van der Waals surface area contributed by atoms with Gasteiger partial charge >= 0.3 is 0 Å². The third-order valence-corrected chi connectivity index (χ3v) is 5.78. The number of anilines is 1. The van der Waals surface area contributed by atoms with Crippen molar-refractivity contribution < 1.29 is 9.18 Å². The Kier molecular flexibility index (Phi) is 6.46. The number of carbonyl (C=O) groups is 1. The fraction of sp³-hybridized carbons (Fsp3) is 0.333. The van der Waals surface area contributed by atoms with E-state index in [9.17, 15) is 9.18 Å². The van der Waals surface area contributed by atoms with Gasteiger partial charge in [-0.25, -0.2) is 4.39 Å². The summed E-state index contributed by atoms with van der Waals surface area (Å²) >= 11 is 12.6. The summed E-state index contributed by atoms with van der Waals surface area (Å²) in [6.07, 6.45) is 1.41. The van der Waals surface area contributed by atoms with E-state index < -0.39 is 11.4 Å². The molecule has 0 amide bonds. The van der Waals surface area contributed by atoms with Gasteiger partial charge in [0.1, 0.15) is 5.82 Å². The summed E-state index contributed by atoms with van der Waals surface area (Å²) in [7, 11) is 3.64. The zero-order valence-electron chi connectivity index (χ0n) is 16.5. The first kappa shape index (κ1) is 21.6. The van der Waals surface area contributed by atoms with Gasteiger partial charge in [-0.3, -0.25) is 4.79 Å². The summed E-state index contributed by atoms with van der Waals surface area (Å²) in [6, 6.07) is 8.21. The molecular weight excluding hydrogens is 414 g/mol. The van der Waals surface area contributed by atoms with Gasteiger partial charge in [0.25, 0.3) is 0 Å². The number of benzene rings is 2. The van der Waals surface area contributed by atoms with E-state index in [4.69, 9.17) is 23.2 Å². The number of nitrogens with zero attached hydrogens (tertiary/aromatic N) is 2. The lowest BCUT2D eigenvalue weighted by Gasteiger charge is -2.33. The number of hydrogen-bond acceptors (Lipinski definition) is 5. The number of halogens is 3. The van der Waals surface area contributed by atoms with Crippen LogP contribution in [0, 0.1) is 5.82 Å². The molecule has 0 aromatic heterocycles. The predicted molar refractivity (Wildman–Crippen MR) is 117 cm³/mol.